The first-order chi connectivity index (χ1) is 19.4. The Kier molecular flexibility index (Phi) is 37.9. The highest BCUT2D eigenvalue weighted by Crippen LogP contribution is 2.16. The van der Waals surface area contributed by atoms with Crippen molar-refractivity contribution in [1.82, 2.24) is 0 Å². The molecule has 0 fully saturated rings. The minimum Gasteiger partial charge on any atom is -0.381 e. The number of hydrogen-bond donors (Lipinski definition) is 0. The van der Waals surface area contributed by atoms with Crippen LogP contribution in [0.3, 0.4) is 0 Å². The molecule has 0 radical (unpaired) electrons. The highest BCUT2D eigenvalue weighted by atomic mass is 16.5. The first-order valence-corrected chi connectivity index (χ1v) is 19.0. The molecule has 0 bridgehead atoms. The summed E-state index contributed by atoms with van der Waals surface area (Å²) in [6, 6.07) is 0. The number of hydrogen-bond acceptors (Lipinski definition) is 1. The Hall–Kier alpha value is -0.0400. The Morgan fingerprint density at radius 3 is 0.538 bits per heavy atom. The SMILES string of the molecule is CCCCCCCCCCCCCCCCCCCCCCCCCCCCOCCCCCCCCCC. The van der Waals surface area contributed by atoms with Crippen LogP contribution < -0.4 is 0 Å². The monoisotopic (exact) mass is 551 g/mol. The molecule has 0 aliphatic carbocycles. The molecule has 236 valence electrons. The van der Waals surface area contributed by atoms with E-state index in [0.29, 0.717) is 0 Å². The van der Waals surface area contributed by atoms with E-state index in [9.17, 15) is 0 Å². The van der Waals surface area contributed by atoms with Crippen LogP contribution in [0.4, 0.5) is 0 Å². The highest BCUT2D eigenvalue weighted by Gasteiger charge is 1.97. The third-order valence-electron chi connectivity index (χ3n) is 8.78. The fourth-order valence-electron chi connectivity index (χ4n) is 5.96. The van der Waals surface area contributed by atoms with E-state index < -0.39 is 0 Å². The first-order valence-electron chi connectivity index (χ1n) is 19.0. The molecule has 0 spiro atoms. The molecule has 0 aliphatic heterocycles. The normalized spacial score (nSPS) is 11.5. The van der Waals surface area contributed by atoms with Crippen molar-refractivity contribution in [3.8, 4) is 0 Å². The van der Waals surface area contributed by atoms with Gasteiger partial charge in [0.25, 0.3) is 0 Å². The van der Waals surface area contributed by atoms with Crippen LogP contribution in [0.25, 0.3) is 0 Å². The quantitative estimate of drug-likeness (QED) is 0.0705. The maximum atomic E-state index is 5.83. The van der Waals surface area contributed by atoms with E-state index in [0.717, 1.165) is 13.2 Å². The van der Waals surface area contributed by atoms with Crippen LogP contribution in [0.1, 0.15) is 232 Å². The van der Waals surface area contributed by atoms with E-state index in [2.05, 4.69) is 13.8 Å². The minimum atomic E-state index is 0.994. The summed E-state index contributed by atoms with van der Waals surface area (Å²) in [6.07, 6.45) is 49.1. The maximum Gasteiger partial charge on any atom is 0.0466 e. The molecule has 0 saturated heterocycles. The third-order valence-corrected chi connectivity index (χ3v) is 8.78. The van der Waals surface area contributed by atoms with Crippen molar-refractivity contribution in [1.29, 1.82) is 0 Å². The zero-order valence-electron chi connectivity index (χ0n) is 27.9. The number of unbranched alkanes of at least 4 members (excludes halogenated alkanes) is 32. The Morgan fingerprint density at radius 1 is 0.205 bits per heavy atom. The molecule has 0 atom stereocenters. The molecule has 0 unspecified atom stereocenters. The summed E-state index contributed by atoms with van der Waals surface area (Å²) in [5.41, 5.74) is 0. The largest absolute Gasteiger partial charge is 0.381 e. The smallest absolute Gasteiger partial charge is 0.0466 e. The topological polar surface area (TPSA) is 9.23 Å². The van der Waals surface area contributed by atoms with Crippen molar-refractivity contribution in [3.63, 3.8) is 0 Å². The average Bonchev–Trinajstić information content (AvgIpc) is 2.95. The summed E-state index contributed by atoms with van der Waals surface area (Å²) in [4.78, 5) is 0. The molecule has 39 heavy (non-hydrogen) atoms. The van der Waals surface area contributed by atoms with Gasteiger partial charge in [0.1, 0.15) is 0 Å². The molecular formula is C38H78O. The lowest BCUT2D eigenvalue weighted by molar-refractivity contribution is 0.125. The second-order valence-corrected chi connectivity index (χ2v) is 12.9. The Morgan fingerprint density at radius 2 is 0.359 bits per heavy atom. The molecule has 1 nitrogen and oxygen atoms in total. The summed E-state index contributed by atoms with van der Waals surface area (Å²) in [5, 5.41) is 0. The summed E-state index contributed by atoms with van der Waals surface area (Å²) in [7, 11) is 0. The fraction of sp³-hybridized carbons (Fsp3) is 1.00. The predicted octanol–water partition coefficient (Wildman–Crippen LogP) is 14.3. The summed E-state index contributed by atoms with van der Waals surface area (Å²) < 4.78 is 5.83. The van der Waals surface area contributed by atoms with Gasteiger partial charge in [-0.1, -0.05) is 219 Å². The van der Waals surface area contributed by atoms with Crippen LogP contribution in [0.15, 0.2) is 0 Å². The fourth-order valence-corrected chi connectivity index (χ4v) is 5.96. The van der Waals surface area contributed by atoms with Crippen LogP contribution in [0, 0.1) is 0 Å². The Balaban J connectivity index is 3.01. The van der Waals surface area contributed by atoms with Crippen LogP contribution in [0.2, 0.25) is 0 Å². The minimum absolute atomic E-state index is 0.994. The van der Waals surface area contributed by atoms with E-state index in [1.54, 1.807) is 0 Å². The molecule has 0 saturated carbocycles. The number of ether oxygens (including phenoxy) is 1. The Labute approximate surface area is 249 Å². The molecule has 1 heteroatoms. The Bertz CT molecular complexity index is 356. The van der Waals surface area contributed by atoms with Crippen LogP contribution in [0.5, 0.6) is 0 Å². The van der Waals surface area contributed by atoms with Gasteiger partial charge in [-0.25, -0.2) is 0 Å². The predicted molar refractivity (Wildman–Crippen MR) is 179 cm³/mol. The highest BCUT2D eigenvalue weighted by molar-refractivity contribution is 4.52. The van der Waals surface area contributed by atoms with Gasteiger partial charge in [-0.2, -0.15) is 0 Å². The third kappa shape index (κ3) is 38.0. The standard InChI is InChI=1S/C38H78O/c1-3-5-7-9-11-13-14-15-16-17-18-19-20-21-22-23-24-25-26-27-28-29-30-32-34-36-38-39-37-35-33-31-12-10-8-6-4-2/h3-38H2,1-2H3. The van der Waals surface area contributed by atoms with Gasteiger partial charge < -0.3 is 4.74 Å². The van der Waals surface area contributed by atoms with Gasteiger partial charge in [-0.15, -0.1) is 0 Å². The molecular weight excluding hydrogens is 472 g/mol. The maximum absolute atomic E-state index is 5.83. The first kappa shape index (κ1) is 39.0. The van der Waals surface area contributed by atoms with Gasteiger partial charge in [0, 0.05) is 13.2 Å². The van der Waals surface area contributed by atoms with Gasteiger partial charge in [0.05, 0.1) is 0 Å². The van der Waals surface area contributed by atoms with Crippen molar-refractivity contribution in [2.75, 3.05) is 13.2 Å². The van der Waals surface area contributed by atoms with Crippen molar-refractivity contribution in [3.05, 3.63) is 0 Å². The molecule has 0 rings (SSSR count). The summed E-state index contributed by atoms with van der Waals surface area (Å²) in [6.45, 7) is 6.59. The van der Waals surface area contributed by atoms with Crippen molar-refractivity contribution < 1.29 is 4.74 Å². The molecule has 0 heterocycles. The molecule has 0 amide bonds. The summed E-state index contributed by atoms with van der Waals surface area (Å²) in [5.74, 6) is 0. The lowest BCUT2D eigenvalue weighted by Crippen LogP contribution is -1.97. The zero-order valence-corrected chi connectivity index (χ0v) is 27.9. The zero-order chi connectivity index (χ0) is 28.2. The van der Waals surface area contributed by atoms with Gasteiger partial charge in [-0.3, -0.25) is 0 Å². The van der Waals surface area contributed by atoms with Crippen molar-refractivity contribution in [2.24, 2.45) is 0 Å². The number of rotatable bonds is 36. The van der Waals surface area contributed by atoms with Crippen LogP contribution in [-0.4, -0.2) is 13.2 Å². The van der Waals surface area contributed by atoms with Crippen molar-refractivity contribution in [2.45, 2.75) is 232 Å². The second kappa shape index (κ2) is 38.0. The molecule has 0 N–H and O–H groups in total. The van der Waals surface area contributed by atoms with Crippen LogP contribution >= 0.6 is 0 Å². The molecule has 0 aliphatic rings. The van der Waals surface area contributed by atoms with E-state index in [-0.39, 0.29) is 0 Å². The van der Waals surface area contributed by atoms with Gasteiger partial charge in [0.2, 0.25) is 0 Å². The molecule has 0 aromatic carbocycles. The second-order valence-electron chi connectivity index (χ2n) is 12.9. The average molecular weight is 551 g/mol. The van der Waals surface area contributed by atoms with E-state index in [4.69, 9.17) is 4.74 Å². The lowest BCUT2D eigenvalue weighted by atomic mass is 10.0. The summed E-state index contributed by atoms with van der Waals surface area (Å²) >= 11 is 0. The van der Waals surface area contributed by atoms with Crippen molar-refractivity contribution >= 4 is 0 Å². The van der Waals surface area contributed by atoms with E-state index >= 15 is 0 Å². The van der Waals surface area contributed by atoms with Gasteiger partial charge in [-0.05, 0) is 12.8 Å². The lowest BCUT2D eigenvalue weighted by Gasteiger charge is -2.05. The van der Waals surface area contributed by atoms with E-state index in [1.165, 1.54) is 218 Å². The van der Waals surface area contributed by atoms with E-state index in [1.807, 2.05) is 0 Å². The molecule has 0 aromatic rings. The van der Waals surface area contributed by atoms with Gasteiger partial charge in [0.15, 0.2) is 0 Å². The molecule has 0 aromatic heterocycles. The van der Waals surface area contributed by atoms with Crippen LogP contribution in [-0.2, 0) is 4.74 Å². The van der Waals surface area contributed by atoms with Gasteiger partial charge >= 0.3 is 0 Å².